The van der Waals surface area contributed by atoms with Crippen molar-refractivity contribution in [3.05, 3.63) is 111 Å². The van der Waals surface area contributed by atoms with E-state index in [-0.39, 0.29) is 46.2 Å². The van der Waals surface area contributed by atoms with Crippen molar-refractivity contribution in [2.24, 2.45) is 11.8 Å². The molecule has 3 aromatic carbocycles. The highest BCUT2D eigenvalue weighted by Gasteiger charge is 2.37. The van der Waals surface area contributed by atoms with Crippen molar-refractivity contribution in [2.75, 3.05) is 98.2 Å². The Balaban J connectivity index is 0.660. The summed E-state index contributed by atoms with van der Waals surface area (Å²) in [5.74, 6) is -1.56. The average Bonchev–Trinajstić information content (AvgIpc) is 4.28. The van der Waals surface area contributed by atoms with Crippen LogP contribution in [0.5, 0.6) is 0 Å². The summed E-state index contributed by atoms with van der Waals surface area (Å²) in [6, 6.07) is 15.9. The number of aromatic nitrogens is 2. The molecule has 75 heavy (non-hydrogen) atoms. The van der Waals surface area contributed by atoms with Crippen LogP contribution >= 0.6 is 0 Å². The van der Waals surface area contributed by atoms with E-state index in [0.717, 1.165) is 103 Å². The summed E-state index contributed by atoms with van der Waals surface area (Å²) in [5, 5.41) is 14.4. The normalized spacial score (nSPS) is 21.1. The van der Waals surface area contributed by atoms with Gasteiger partial charge >= 0.3 is 0 Å². The van der Waals surface area contributed by atoms with Crippen LogP contribution in [0.15, 0.2) is 65.5 Å². The zero-order valence-electron chi connectivity index (χ0n) is 43.1. The number of likely N-dealkylation sites (tertiary alicyclic amines) is 2. The first-order valence-electron chi connectivity index (χ1n) is 27.6. The lowest BCUT2D eigenvalue weighted by molar-refractivity contribution is -0.137. The standard InChI is InChI=1S/C57H72F2N10O6/c58-44-32-42(41-9-6-18-69(36-41)51(70)34-60-45-13-14-45)31-43(33-44)54(72)61-53(40-7-2-1-3-8-40)57(75)68-23-21-65(22-24-68)35-38-16-19-64(20-17-38)37-52(71)66-25-27-67(28-26-66)56(74)48-29-39(12-15-49(48)59)30-50-46-10-4-5-11-47(46)55(73)63-62-50/h4-5,10-12,15,29,31-33,38,40-41,45,53,60H,1-3,6-9,13-14,16-28,30,34-37H2,(H,61,72)(H,63,73)/t41?,53-/m1/s1. The van der Waals surface area contributed by atoms with Gasteiger partial charge in [0.2, 0.25) is 17.7 Å². The summed E-state index contributed by atoms with van der Waals surface area (Å²) in [5.41, 5.74) is 1.90. The molecule has 0 radical (unpaired) electrons. The largest absolute Gasteiger partial charge is 0.341 e. The fourth-order valence-electron chi connectivity index (χ4n) is 12.2. The maximum absolute atomic E-state index is 15.3. The predicted octanol–water partition coefficient (Wildman–Crippen LogP) is 4.77. The minimum Gasteiger partial charge on any atom is -0.341 e. The molecule has 2 atom stereocenters. The molecule has 16 nitrogen and oxygen atoms in total. The number of nitrogens with zero attached hydrogens (tertiary/aromatic N) is 7. The highest BCUT2D eigenvalue weighted by atomic mass is 19.1. The fourth-order valence-corrected chi connectivity index (χ4v) is 12.2. The molecule has 6 fully saturated rings. The Hall–Kier alpha value is -6.11. The van der Waals surface area contributed by atoms with Gasteiger partial charge in [0.25, 0.3) is 17.4 Å². The summed E-state index contributed by atoms with van der Waals surface area (Å²) in [4.78, 5) is 92.6. The third-order valence-corrected chi connectivity index (χ3v) is 16.8. The molecule has 5 amide bonds. The van der Waals surface area contributed by atoms with E-state index in [1.807, 2.05) is 21.9 Å². The van der Waals surface area contributed by atoms with Crippen molar-refractivity contribution < 1.29 is 32.8 Å². The summed E-state index contributed by atoms with van der Waals surface area (Å²) < 4.78 is 30.4. The van der Waals surface area contributed by atoms with Crippen LogP contribution in [0.3, 0.4) is 0 Å². The molecule has 10 rings (SSSR count). The van der Waals surface area contributed by atoms with Gasteiger partial charge in [-0.2, -0.15) is 5.10 Å². The van der Waals surface area contributed by atoms with Crippen molar-refractivity contribution in [1.82, 2.24) is 50.2 Å². The lowest BCUT2D eigenvalue weighted by Crippen LogP contribution is -2.57. The number of nitrogens with one attached hydrogen (secondary N) is 3. The number of fused-ring (bicyclic) bond motifs is 1. The minimum absolute atomic E-state index is 0.0107. The van der Waals surface area contributed by atoms with Gasteiger partial charge in [-0.3, -0.25) is 38.6 Å². The van der Waals surface area contributed by atoms with Crippen molar-refractivity contribution in [3.63, 3.8) is 0 Å². The Morgan fingerprint density at radius 1 is 0.680 bits per heavy atom. The van der Waals surface area contributed by atoms with Gasteiger partial charge in [0.1, 0.15) is 17.7 Å². The fraction of sp³-hybridized carbons (Fsp3) is 0.561. The Bertz CT molecular complexity index is 2780. The molecular formula is C57H72F2N10O6. The van der Waals surface area contributed by atoms with Crippen molar-refractivity contribution in [1.29, 1.82) is 0 Å². The quantitative estimate of drug-likeness (QED) is 0.151. The number of amides is 5. The number of H-pyrrole nitrogens is 1. The van der Waals surface area contributed by atoms with Crippen LogP contribution in [-0.4, -0.2) is 179 Å². The highest BCUT2D eigenvalue weighted by Crippen LogP contribution is 2.31. The topological polar surface area (TPSA) is 175 Å². The molecule has 2 aliphatic carbocycles. The van der Waals surface area contributed by atoms with Gasteiger partial charge in [-0.15, -0.1) is 0 Å². The van der Waals surface area contributed by atoms with Crippen LogP contribution in [0.1, 0.15) is 114 Å². The Morgan fingerprint density at radius 2 is 1.40 bits per heavy atom. The molecule has 1 aromatic heterocycles. The number of hydrogen-bond donors (Lipinski definition) is 3. The van der Waals surface area contributed by atoms with Crippen molar-refractivity contribution in [2.45, 2.75) is 95.1 Å². The van der Waals surface area contributed by atoms with E-state index in [1.54, 1.807) is 40.1 Å². The first-order valence-corrected chi connectivity index (χ1v) is 27.6. The molecule has 4 aliphatic heterocycles. The van der Waals surface area contributed by atoms with Gasteiger partial charge in [0.05, 0.1) is 29.7 Å². The second-order valence-electron chi connectivity index (χ2n) is 22.0. The number of aromatic amines is 1. The van der Waals surface area contributed by atoms with Gasteiger partial charge in [-0.1, -0.05) is 43.5 Å². The second kappa shape index (κ2) is 23.8. The maximum Gasteiger partial charge on any atom is 0.272 e. The number of halogens is 2. The number of rotatable bonds is 15. The molecule has 18 heteroatoms. The maximum atomic E-state index is 15.3. The Morgan fingerprint density at radius 3 is 2.15 bits per heavy atom. The lowest BCUT2D eigenvalue weighted by Gasteiger charge is -2.41. The van der Waals surface area contributed by atoms with Crippen molar-refractivity contribution >= 4 is 40.3 Å². The third-order valence-electron chi connectivity index (χ3n) is 16.8. The van der Waals surface area contributed by atoms with E-state index < -0.39 is 29.5 Å². The van der Waals surface area contributed by atoms with Gasteiger partial charge in [-0.25, -0.2) is 13.9 Å². The van der Waals surface area contributed by atoms with E-state index in [4.69, 9.17) is 0 Å². The number of carbonyl (C=O) groups excluding carboxylic acids is 5. The lowest BCUT2D eigenvalue weighted by atomic mass is 9.83. The van der Waals surface area contributed by atoms with Gasteiger partial charge < -0.3 is 30.2 Å². The van der Waals surface area contributed by atoms with Crippen LogP contribution in [0.25, 0.3) is 10.8 Å². The smallest absolute Gasteiger partial charge is 0.272 e. The molecule has 0 spiro atoms. The van der Waals surface area contributed by atoms with E-state index in [1.165, 1.54) is 18.2 Å². The van der Waals surface area contributed by atoms with E-state index in [2.05, 4.69) is 30.6 Å². The average molecular weight is 1030 g/mol. The first kappa shape index (κ1) is 52.3. The number of piperazine rings is 2. The highest BCUT2D eigenvalue weighted by molar-refractivity contribution is 5.98. The van der Waals surface area contributed by atoms with Crippen LogP contribution in [-0.2, 0) is 20.8 Å². The van der Waals surface area contributed by atoms with E-state index in [0.29, 0.717) is 111 Å². The van der Waals surface area contributed by atoms with Crippen LogP contribution in [0.2, 0.25) is 0 Å². The van der Waals surface area contributed by atoms with E-state index >= 15 is 8.78 Å². The molecular weight excluding hydrogens is 959 g/mol. The molecule has 4 saturated heterocycles. The van der Waals surface area contributed by atoms with Crippen LogP contribution in [0, 0.1) is 23.5 Å². The SMILES string of the molecule is O=C(N[C@@H](C(=O)N1CCN(CC2CCN(CC(=O)N3CCN(C(=O)c4cc(Cc5n[nH]c(=O)c6ccccc56)ccc4F)CC3)CC2)CC1)C1CCCCC1)c1cc(F)cc(C2CCCN(C(=O)CNC3CC3)C2)c1. The number of carbonyl (C=O) groups is 5. The molecule has 4 aromatic rings. The Labute approximate surface area is 437 Å². The van der Waals surface area contributed by atoms with Gasteiger partial charge in [-0.05, 0) is 124 Å². The number of hydrogen-bond acceptors (Lipinski definition) is 10. The molecule has 5 heterocycles. The third kappa shape index (κ3) is 12.9. The zero-order chi connectivity index (χ0) is 52.0. The molecule has 6 aliphatic rings. The molecule has 400 valence electrons. The van der Waals surface area contributed by atoms with Crippen LogP contribution < -0.4 is 16.2 Å². The molecule has 1 unspecified atom stereocenters. The van der Waals surface area contributed by atoms with Crippen LogP contribution in [0.4, 0.5) is 8.78 Å². The predicted molar refractivity (Wildman–Crippen MR) is 280 cm³/mol. The van der Waals surface area contributed by atoms with Crippen molar-refractivity contribution in [3.8, 4) is 0 Å². The summed E-state index contributed by atoms with van der Waals surface area (Å²) in [6.07, 6.45) is 10.9. The summed E-state index contributed by atoms with van der Waals surface area (Å²) in [7, 11) is 0. The van der Waals surface area contributed by atoms with Gasteiger partial charge in [0, 0.05) is 101 Å². The molecule has 0 bridgehead atoms. The van der Waals surface area contributed by atoms with E-state index in [9.17, 15) is 28.8 Å². The van der Waals surface area contributed by atoms with Gasteiger partial charge in [0.15, 0.2) is 0 Å². The zero-order valence-corrected chi connectivity index (χ0v) is 43.1. The number of benzene rings is 3. The molecule has 2 saturated carbocycles. The molecule has 3 N–H and O–H groups in total. The first-order chi connectivity index (χ1) is 36.4. The second-order valence-corrected chi connectivity index (χ2v) is 22.0. The Kier molecular flexibility index (Phi) is 16.6. The summed E-state index contributed by atoms with van der Waals surface area (Å²) >= 11 is 0. The summed E-state index contributed by atoms with van der Waals surface area (Å²) in [6.45, 7) is 8.25. The monoisotopic (exact) mass is 1030 g/mol. The minimum atomic E-state index is -0.690. The number of piperidine rings is 2.